The summed E-state index contributed by atoms with van der Waals surface area (Å²) in [5.41, 5.74) is 0.828. The largest absolute Gasteiger partial charge is 0.378 e. The predicted molar refractivity (Wildman–Crippen MR) is 72.1 cm³/mol. The quantitative estimate of drug-likeness (QED) is 0.697. The lowest BCUT2D eigenvalue weighted by Gasteiger charge is -2.38. The Bertz CT molecular complexity index is 248. The molecule has 17 heavy (non-hydrogen) atoms. The van der Waals surface area contributed by atoms with Crippen molar-refractivity contribution in [2.24, 2.45) is 22.7 Å². The molecule has 0 bridgehead atoms. The van der Waals surface area contributed by atoms with Gasteiger partial charge in [-0.1, -0.05) is 41.5 Å². The number of nitrogens with zero attached hydrogens (tertiary/aromatic N) is 1. The van der Waals surface area contributed by atoms with E-state index in [2.05, 4.69) is 46.4 Å². The molecule has 0 saturated carbocycles. The van der Waals surface area contributed by atoms with Gasteiger partial charge < -0.3 is 4.74 Å². The van der Waals surface area contributed by atoms with Crippen molar-refractivity contribution in [1.29, 1.82) is 0 Å². The molecule has 0 radical (unpaired) electrons. The molecular formula is C15H29NO. The Morgan fingerprint density at radius 1 is 0.824 bits per heavy atom. The van der Waals surface area contributed by atoms with E-state index < -0.39 is 0 Å². The molecule has 0 aliphatic carbocycles. The summed E-state index contributed by atoms with van der Waals surface area (Å²) in [6.07, 6.45) is 0. The van der Waals surface area contributed by atoms with Gasteiger partial charge in [-0.25, -0.2) is 0 Å². The van der Waals surface area contributed by atoms with Crippen LogP contribution in [0.3, 0.4) is 0 Å². The van der Waals surface area contributed by atoms with Gasteiger partial charge in [-0.05, 0) is 22.7 Å². The van der Waals surface area contributed by atoms with Crippen molar-refractivity contribution in [3.63, 3.8) is 0 Å². The van der Waals surface area contributed by atoms with Gasteiger partial charge in [-0.3, -0.25) is 4.90 Å². The first-order valence-corrected chi connectivity index (χ1v) is 7.01. The summed E-state index contributed by atoms with van der Waals surface area (Å²) in [4.78, 5) is 2.68. The van der Waals surface area contributed by atoms with Crippen LogP contribution in [0.5, 0.6) is 0 Å². The zero-order chi connectivity index (χ0) is 12.8. The van der Waals surface area contributed by atoms with Crippen molar-refractivity contribution < 1.29 is 4.74 Å². The first-order valence-electron chi connectivity index (χ1n) is 7.01. The van der Waals surface area contributed by atoms with Crippen molar-refractivity contribution in [2.45, 2.75) is 47.6 Å². The van der Waals surface area contributed by atoms with Crippen molar-refractivity contribution >= 4 is 0 Å². The zero-order valence-corrected chi connectivity index (χ0v) is 12.4. The third kappa shape index (κ3) is 2.68. The van der Waals surface area contributed by atoms with Crippen LogP contribution < -0.4 is 0 Å². The Kier molecular flexibility index (Phi) is 3.33. The Morgan fingerprint density at radius 2 is 1.24 bits per heavy atom. The standard InChI is InChI=1S/C15H29NO/c1-14(2,3)12-7-16(11-9-17-10-11)8-13(12)15(4,5)6/h11-13H,7-10H2,1-6H3. The maximum Gasteiger partial charge on any atom is 0.0645 e. The summed E-state index contributed by atoms with van der Waals surface area (Å²) in [6.45, 7) is 18.8. The van der Waals surface area contributed by atoms with E-state index in [0.717, 1.165) is 25.0 Å². The van der Waals surface area contributed by atoms with Crippen LogP contribution in [0.2, 0.25) is 0 Å². The SMILES string of the molecule is CC(C)(C)C1CN(C2COC2)CC1C(C)(C)C. The van der Waals surface area contributed by atoms with E-state index in [-0.39, 0.29) is 0 Å². The second kappa shape index (κ2) is 4.24. The maximum absolute atomic E-state index is 5.35. The third-order valence-electron chi connectivity index (χ3n) is 4.71. The molecule has 2 atom stereocenters. The van der Waals surface area contributed by atoms with E-state index in [0.29, 0.717) is 16.9 Å². The molecule has 100 valence electrons. The van der Waals surface area contributed by atoms with E-state index in [4.69, 9.17) is 4.74 Å². The fourth-order valence-electron chi connectivity index (χ4n) is 3.32. The van der Waals surface area contributed by atoms with Crippen molar-refractivity contribution in [2.75, 3.05) is 26.3 Å². The van der Waals surface area contributed by atoms with Crippen LogP contribution >= 0.6 is 0 Å². The summed E-state index contributed by atoms with van der Waals surface area (Å²) in [5, 5.41) is 0. The van der Waals surface area contributed by atoms with Gasteiger partial charge in [0.25, 0.3) is 0 Å². The first-order chi connectivity index (χ1) is 7.69. The number of likely N-dealkylation sites (tertiary alicyclic amines) is 1. The van der Waals surface area contributed by atoms with E-state index >= 15 is 0 Å². The van der Waals surface area contributed by atoms with Gasteiger partial charge in [-0.2, -0.15) is 0 Å². The highest BCUT2D eigenvalue weighted by molar-refractivity contribution is 4.98. The van der Waals surface area contributed by atoms with Gasteiger partial charge in [0.15, 0.2) is 0 Å². The van der Waals surface area contributed by atoms with E-state index in [1.165, 1.54) is 13.1 Å². The molecule has 2 unspecified atom stereocenters. The van der Waals surface area contributed by atoms with Crippen molar-refractivity contribution in [3.8, 4) is 0 Å². The van der Waals surface area contributed by atoms with Gasteiger partial charge in [0.05, 0.1) is 19.3 Å². The van der Waals surface area contributed by atoms with Gasteiger partial charge in [0.1, 0.15) is 0 Å². The molecule has 2 heterocycles. The van der Waals surface area contributed by atoms with E-state index in [1.807, 2.05) is 0 Å². The Morgan fingerprint density at radius 3 is 1.47 bits per heavy atom. The van der Waals surface area contributed by atoms with Crippen LogP contribution in [0.15, 0.2) is 0 Å². The summed E-state index contributed by atoms with van der Waals surface area (Å²) < 4.78 is 5.35. The van der Waals surface area contributed by atoms with Crippen molar-refractivity contribution in [1.82, 2.24) is 4.90 Å². The van der Waals surface area contributed by atoms with Gasteiger partial charge in [0, 0.05) is 13.1 Å². The number of rotatable bonds is 1. The average molecular weight is 239 g/mol. The van der Waals surface area contributed by atoms with Crippen LogP contribution in [0.1, 0.15) is 41.5 Å². The lowest BCUT2D eigenvalue weighted by molar-refractivity contribution is -0.0603. The van der Waals surface area contributed by atoms with E-state index in [9.17, 15) is 0 Å². The molecule has 0 amide bonds. The molecule has 2 aliphatic heterocycles. The van der Waals surface area contributed by atoms with Gasteiger partial charge in [-0.15, -0.1) is 0 Å². The summed E-state index contributed by atoms with van der Waals surface area (Å²) in [6, 6.07) is 0.701. The molecule has 2 fully saturated rings. The highest BCUT2D eigenvalue weighted by Crippen LogP contribution is 2.46. The number of ether oxygens (including phenoxy) is 1. The van der Waals surface area contributed by atoms with Crippen LogP contribution in [0, 0.1) is 22.7 Å². The van der Waals surface area contributed by atoms with Crippen LogP contribution in [0.25, 0.3) is 0 Å². The van der Waals surface area contributed by atoms with Crippen LogP contribution in [-0.4, -0.2) is 37.2 Å². The molecule has 2 rings (SSSR count). The number of hydrogen-bond acceptors (Lipinski definition) is 2. The molecule has 0 N–H and O–H groups in total. The topological polar surface area (TPSA) is 12.5 Å². The highest BCUT2D eigenvalue weighted by atomic mass is 16.5. The summed E-state index contributed by atoms with van der Waals surface area (Å²) in [5.74, 6) is 1.62. The lowest BCUT2D eigenvalue weighted by atomic mass is 9.66. The second-order valence-corrected chi connectivity index (χ2v) is 8.09. The Balaban J connectivity index is 2.12. The Labute approximate surface area is 107 Å². The van der Waals surface area contributed by atoms with Crippen LogP contribution in [-0.2, 0) is 4.74 Å². The molecule has 0 aromatic heterocycles. The molecule has 2 heteroatoms. The monoisotopic (exact) mass is 239 g/mol. The van der Waals surface area contributed by atoms with Gasteiger partial charge in [0.2, 0.25) is 0 Å². The molecule has 2 aliphatic rings. The lowest BCUT2D eigenvalue weighted by Crippen LogP contribution is -2.48. The molecule has 2 nitrogen and oxygen atoms in total. The summed E-state index contributed by atoms with van der Waals surface area (Å²) in [7, 11) is 0. The second-order valence-electron chi connectivity index (χ2n) is 8.09. The van der Waals surface area contributed by atoms with Gasteiger partial charge >= 0.3 is 0 Å². The minimum atomic E-state index is 0.414. The minimum absolute atomic E-state index is 0.414. The normalized spacial score (nSPS) is 32.8. The fourth-order valence-corrected chi connectivity index (χ4v) is 3.32. The zero-order valence-electron chi connectivity index (χ0n) is 12.4. The predicted octanol–water partition coefficient (Wildman–Crippen LogP) is 3.03. The van der Waals surface area contributed by atoms with Crippen molar-refractivity contribution in [3.05, 3.63) is 0 Å². The molecule has 2 saturated heterocycles. The number of hydrogen-bond donors (Lipinski definition) is 0. The molecule has 0 spiro atoms. The molecule has 0 aromatic carbocycles. The smallest absolute Gasteiger partial charge is 0.0645 e. The average Bonchev–Trinajstić information content (AvgIpc) is 2.42. The minimum Gasteiger partial charge on any atom is -0.378 e. The van der Waals surface area contributed by atoms with Crippen LogP contribution in [0.4, 0.5) is 0 Å². The molecule has 0 aromatic rings. The Hall–Kier alpha value is -0.0800. The van der Waals surface area contributed by atoms with E-state index in [1.54, 1.807) is 0 Å². The fraction of sp³-hybridized carbons (Fsp3) is 1.00. The molecular weight excluding hydrogens is 210 g/mol. The maximum atomic E-state index is 5.35. The highest BCUT2D eigenvalue weighted by Gasteiger charge is 2.47. The first kappa shape index (κ1) is 13.4. The third-order valence-corrected chi connectivity index (χ3v) is 4.71. The summed E-state index contributed by atoms with van der Waals surface area (Å²) >= 11 is 0.